The van der Waals surface area contributed by atoms with E-state index in [1.165, 1.54) is 12.1 Å². The Bertz CT molecular complexity index is 764. The third-order valence-electron chi connectivity index (χ3n) is 2.69. The first kappa shape index (κ1) is 15.8. The molecule has 2 rings (SSSR count). The lowest BCUT2D eigenvalue weighted by atomic mass is 10.2. The summed E-state index contributed by atoms with van der Waals surface area (Å²) in [6.45, 7) is 0.115. The van der Waals surface area contributed by atoms with Crippen molar-refractivity contribution in [1.82, 2.24) is 9.71 Å². The fourth-order valence-electron chi connectivity index (χ4n) is 1.62. The number of nitrogens with zero attached hydrogens (tertiary/aromatic N) is 1. The number of benzene rings is 1. The molecule has 2 aromatic rings. The zero-order chi connectivity index (χ0) is 15.5. The minimum Gasteiger partial charge on any atom is -0.389 e. The Balaban J connectivity index is 2.27. The Labute approximate surface area is 133 Å². The number of sulfonamides is 1. The number of nitrogens with two attached hydrogens (primary N) is 1. The second kappa shape index (κ2) is 6.48. The number of aromatic nitrogens is 1. The first-order valence-corrected chi connectivity index (χ1v) is 8.15. The van der Waals surface area contributed by atoms with E-state index in [0.717, 1.165) is 5.56 Å². The van der Waals surface area contributed by atoms with Crippen molar-refractivity contribution in [2.75, 3.05) is 0 Å². The van der Waals surface area contributed by atoms with Crippen LogP contribution < -0.4 is 10.5 Å². The quantitative estimate of drug-likeness (QED) is 0.811. The van der Waals surface area contributed by atoms with E-state index >= 15 is 0 Å². The Morgan fingerprint density at radius 3 is 2.76 bits per heavy atom. The average Bonchev–Trinajstić information content (AvgIpc) is 2.46. The standard InChI is InChI=1S/C13H12ClN3O2S2/c14-11-4-3-10(13(15)20)6-12(11)21(18,19)17-8-9-2-1-5-16-7-9/h1-7,17H,8H2,(H2,15,20). The van der Waals surface area contributed by atoms with Crippen LogP contribution in [0.25, 0.3) is 0 Å². The van der Waals surface area contributed by atoms with Gasteiger partial charge in [0.05, 0.1) is 5.02 Å². The van der Waals surface area contributed by atoms with Crippen molar-refractivity contribution in [3.63, 3.8) is 0 Å². The number of hydrogen-bond donors (Lipinski definition) is 2. The van der Waals surface area contributed by atoms with Crippen LogP contribution in [0.15, 0.2) is 47.6 Å². The van der Waals surface area contributed by atoms with Crippen molar-refractivity contribution in [3.8, 4) is 0 Å². The summed E-state index contributed by atoms with van der Waals surface area (Å²) < 4.78 is 27.1. The minimum absolute atomic E-state index is 0.0571. The largest absolute Gasteiger partial charge is 0.389 e. The molecular weight excluding hydrogens is 330 g/mol. The van der Waals surface area contributed by atoms with Gasteiger partial charge in [-0.15, -0.1) is 0 Å². The van der Waals surface area contributed by atoms with Crippen LogP contribution >= 0.6 is 23.8 Å². The highest BCUT2D eigenvalue weighted by atomic mass is 35.5. The molecule has 8 heteroatoms. The van der Waals surface area contributed by atoms with Gasteiger partial charge in [0, 0.05) is 24.5 Å². The molecule has 110 valence electrons. The highest BCUT2D eigenvalue weighted by Gasteiger charge is 2.18. The summed E-state index contributed by atoms with van der Waals surface area (Å²) in [6, 6.07) is 7.88. The van der Waals surface area contributed by atoms with Crippen LogP contribution in [0.2, 0.25) is 5.02 Å². The van der Waals surface area contributed by atoms with Gasteiger partial charge >= 0.3 is 0 Å². The van der Waals surface area contributed by atoms with Gasteiger partial charge in [-0.2, -0.15) is 0 Å². The van der Waals surface area contributed by atoms with E-state index in [0.29, 0.717) is 5.56 Å². The van der Waals surface area contributed by atoms with Gasteiger partial charge in [0.2, 0.25) is 10.0 Å². The van der Waals surface area contributed by atoms with E-state index in [4.69, 9.17) is 29.6 Å². The molecule has 1 aromatic carbocycles. The van der Waals surface area contributed by atoms with Crippen LogP contribution in [0.4, 0.5) is 0 Å². The maximum atomic E-state index is 12.3. The number of thiocarbonyl (C=S) groups is 1. The van der Waals surface area contributed by atoms with Gasteiger partial charge in [-0.05, 0) is 23.8 Å². The van der Waals surface area contributed by atoms with Crippen molar-refractivity contribution in [1.29, 1.82) is 0 Å². The van der Waals surface area contributed by atoms with Gasteiger partial charge in [0.25, 0.3) is 0 Å². The van der Waals surface area contributed by atoms with E-state index in [2.05, 4.69) is 9.71 Å². The minimum atomic E-state index is -3.77. The summed E-state index contributed by atoms with van der Waals surface area (Å²) in [7, 11) is -3.77. The van der Waals surface area contributed by atoms with Crippen LogP contribution in [-0.4, -0.2) is 18.4 Å². The van der Waals surface area contributed by atoms with Crippen molar-refractivity contribution in [3.05, 3.63) is 58.9 Å². The molecule has 0 atom stereocenters. The summed E-state index contributed by atoms with van der Waals surface area (Å²) in [5, 5.41) is 0.105. The van der Waals surface area contributed by atoms with E-state index in [9.17, 15) is 8.42 Å². The first-order valence-electron chi connectivity index (χ1n) is 5.88. The van der Waals surface area contributed by atoms with Crippen molar-refractivity contribution in [2.45, 2.75) is 11.4 Å². The summed E-state index contributed by atoms with van der Waals surface area (Å²) in [6.07, 6.45) is 3.19. The monoisotopic (exact) mass is 341 g/mol. The molecule has 0 saturated heterocycles. The van der Waals surface area contributed by atoms with Gasteiger partial charge in [-0.3, -0.25) is 4.98 Å². The second-order valence-corrected chi connectivity index (χ2v) is 6.78. The van der Waals surface area contributed by atoms with Crippen LogP contribution in [0.1, 0.15) is 11.1 Å². The molecule has 0 fully saturated rings. The van der Waals surface area contributed by atoms with Gasteiger partial charge in [0.1, 0.15) is 9.88 Å². The molecule has 1 aromatic heterocycles. The Morgan fingerprint density at radius 1 is 1.38 bits per heavy atom. The SMILES string of the molecule is NC(=S)c1ccc(Cl)c(S(=O)(=O)NCc2cccnc2)c1. The lowest BCUT2D eigenvalue weighted by Crippen LogP contribution is -2.24. The van der Waals surface area contributed by atoms with Crippen LogP contribution in [-0.2, 0) is 16.6 Å². The molecule has 0 amide bonds. The van der Waals surface area contributed by atoms with Crippen molar-refractivity contribution >= 4 is 38.8 Å². The van der Waals surface area contributed by atoms with E-state index in [1.54, 1.807) is 30.6 Å². The smallest absolute Gasteiger partial charge is 0.242 e. The normalized spacial score (nSPS) is 11.3. The molecule has 0 radical (unpaired) electrons. The van der Waals surface area contributed by atoms with Gasteiger partial charge in [-0.1, -0.05) is 36.0 Å². The molecular formula is C13H12ClN3O2S2. The lowest BCUT2D eigenvalue weighted by Gasteiger charge is -2.09. The predicted molar refractivity (Wildman–Crippen MR) is 85.6 cm³/mol. The zero-order valence-electron chi connectivity index (χ0n) is 10.8. The van der Waals surface area contributed by atoms with Crippen molar-refractivity contribution in [2.24, 2.45) is 5.73 Å². The molecule has 21 heavy (non-hydrogen) atoms. The van der Waals surface area contributed by atoms with Crippen LogP contribution in [0.5, 0.6) is 0 Å². The molecule has 0 aliphatic heterocycles. The summed E-state index contributed by atoms with van der Waals surface area (Å²) in [4.78, 5) is 3.97. The first-order chi connectivity index (χ1) is 9.90. The topological polar surface area (TPSA) is 85.1 Å². The number of rotatable bonds is 5. The Hall–Kier alpha value is -1.54. The molecule has 0 saturated carbocycles. The summed E-state index contributed by atoms with van der Waals surface area (Å²) >= 11 is 10.8. The highest BCUT2D eigenvalue weighted by molar-refractivity contribution is 7.89. The molecule has 0 bridgehead atoms. The molecule has 0 aliphatic rings. The molecule has 5 nitrogen and oxygen atoms in total. The number of hydrogen-bond acceptors (Lipinski definition) is 4. The number of pyridine rings is 1. The molecule has 0 aliphatic carbocycles. The van der Waals surface area contributed by atoms with Gasteiger partial charge < -0.3 is 5.73 Å². The Kier molecular flexibility index (Phi) is 4.89. The van der Waals surface area contributed by atoms with Crippen molar-refractivity contribution < 1.29 is 8.42 Å². The zero-order valence-corrected chi connectivity index (χ0v) is 13.2. The second-order valence-electron chi connectivity index (χ2n) is 4.20. The van der Waals surface area contributed by atoms with Gasteiger partial charge in [0.15, 0.2) is 0 Å². The summed E-state index contributed by atoms with van der Waals surface area (Å²) in [5.41, 5.74) is 6.69. The Morgan fingerprint density at radius 2 is 2.14 bits per heavy atom. The maximum absolute atomic E-state index is 12.3. The van der Waals surface area contributed by atoms with E-state index < -0.39 is 10.0 Å². The summed E-state index contributed by atoms with van der Waals surface area (Å²) in [5.74, 6) is 0. The fourth-order valence-corrected chi connectivity index (χ4v) is 3.29. The van der Waals surface area contributed by atoms with E-state index in [-0.39, 0.29) is 21.5 Å². The van der Waals surface area contributed by atoms with Crippen LogP contribution in [0, 0.1) is 0 Å². The predicted octanol–water partition coefficient (Wildman–Crippen LogP) is 1.85. The molecule has 0 unspecified atom stereocenters. The molecule has 0 spiro atoms. The number of halogens is 1. The van der Waals surface area contributed by atoms with Crippen LogP contribution in [0.3, 0.4) is 0 Å². The van der Waals surface area contributed by atoms with E-state index in [1.807, 2.05) is 0 Å². The third-order valence-corrected chi connectivity index (χ3v) is 4.81. The number of nitrogens with one attached hydrogen (secondary N) is 1. The highest BCUT2D eigenvalue weighted by Crippen LogP contribution is 2.22. The average molecular weight is 342 g/mol. The molecule has 3 N–H and O–H groups in total. The maximum Gasteiger partial charge on any atom is 0.242 e. The van der Waals surface area contributed by atoms with Gasteiger partial charge in [-0.25, -0.2) is 13.1 Å². The molecule has 1 heterocycles. The third kappa shape index (κ3) is 3.98. The fraction of sp³-hybridized carbons (Fsp3) is 0.0769. The lowest BCUT2D eigenvalue weighted by molar-refractivity contribution is 0.581.